The minimum absolute atomic E-state index is 0.0363. The first-order valence-electron chi connectivity index (χ1n) is 12.8. The first-order valence-corrected chi connectivity index (χ1v) is 12.8. The topological polar surface area (TPSA) is 46.2 Å². The second-order valence-corrected chi connectivity index (χ2v) is 9.41. The Kier molecular flexibility index (Phi) is 12.3. The second kappa shape index (κ2) is 14.8. The number of fused-ring (bicyclic) bond motifs is 1. The zero-order valence-electron chi connectivity index (χ0n) is 18.9. The van der Waals surface area contributed by atoms with Gasteiger partial charge < -0.3 is 0 Å². The van der Waals surface area contributed by atoms with Gasteiger partial charge in [-0.3, -0.25) is 14.9 Å². The molecule has 0 radical (unpaired) electrons. The van der Waals surface area contributed by atoms with Gasteiger partial charge in [0.1, 0.15) is 0 Å². The lowest BCUT2D eigenvalue weighted by atomic mass is 9.75. The minimum Gasteiger partial charge on any atom is -0.296 e. The monoisotopic (exact) mass is 403 g/mol. The fourth-order valence-corrected chi connectivity index (χ4v) is 5.11. The van der Waals surface area contributed by atoms with Crippen molar-refractivity contribution in [2.45, 2.75) is 122 Å². The summed E-state index contributed by atoms with van der Waals surface area (Å²) in [5.74, 6) is -0.0126. The zero-order valence-corrected chi connectivity index (χ0v) is 18.9. The Hall–Kier alpha value is -1.12. The number of imide groups is 1. The molecule has 2 aliphatic rings. The third-order valence-corrected chi connectivity index (χ3v) is 6.94. The Labute approximate surface area is 179 Å². The highest BCUT2D eigenvalue weighted by atomic mass is 16.2. The number of nitrogens with one attached hydrogen (secondary N) is 1. The van der Waals surface area contributed by atoms with E-state index >= 15 is 0 Å². The molecule has 3 atom stereocenters. The fraction of sp³-hybridized carbons (Fsp3) is 0.846. The molecule has 0 spiro atoms. The van der Waals surface area contributed by atoms with Gasteiger partial charge in [-0.05, 0) is 18.8 Å². The summed E-state index contributed by atoms with van der Waals surface area (Å²) in [6.45, 7) is 2.28. The van der Waals surface area contributed by atoms with Crippen LogP contribution in [0.25, 0.3) is 0 Å². The van der Waals surface area contributed by atoms with Gasteiger partial charge in [0, 0.05) is 0 Å². The van der Waals surface area contributed by atoms with Crippen LogP contribution in [0.3, 0.4) is 0 Å². The number of hydrogen-bond donors (Lipinski definition) is 1. The number of allylic oxidation sites excluding steroid dienone is 2. The number of unbranched alkanes of at least 4 members (excludes halogenated alkanes) is 15. The number of amides is 2. The second-order valence-electron chi connectivity index (χ2n) is 9.41. The van der Waals surface area contributed by atoms with Crippen molar-refractivity contribution >= 4 is 11.8 Å². The molecule has 3 unspecified atom stereocenters. The summed E-state index contributed by atoms with van der Waals surface area (Å²) in [7, 11) is 0. The third-order valence-electron chi connectivity index (χ3n) is 6.94. The maximum atomic E-state index is 12.0. The quantitative estimate of drug-likeness (QED) is 0.160. The Morgan fingerprint density at radius 3 is 1.72 bits per heavy atom. The maximum absolute atomic E-state index is 12.0. The zero-order chi connectivity index (χ0) is 20.7. The summed E-state index contributed by atoms with van der Waals surface area (Å²) in [4.78, 5) is 23.9. The van der Waals surface area contributed by atoms with Crippen LogP contribution in [0.4, 0.5) is 0 Å². The van der Waals surface area contributed by atoms with Crippen molar-refractivity contribution in [1.29, 1.82) is 0 Å². The van der Waals surface area contributed by atoms with Gasteiger partial charge in [-0.25, -0.2) is 0 Å². The van der Waals surface area contributed by atoms with Crippen LogP contribution < -0.4 is 5.32 Å². The normalized spacial score (nSPS) is 23.4. The van der Waals surface area contributed by atoms with Crippen LogP contribution in [0.1, 0.15) is 122 Å². The third kappa shape index (κ3) is 9.05. The fourth-order valence-electron chi connectivity index (χ4n) is 5.11. The van der Waals surface area contributed by atoms with E-state index in [1.165, 1.54) is 103 Å². The Balaban J connectivity index is 1.36. The van der Waals surface area contributed by atoms with Gasteiger partial charge in [-0.15, -0.1) is 0 Å². The molecule has 1 saturated heterocycles. The Morgan fingerprint density at radius 2 is 1.21 bits per heavy atom. The van der Waals surface area contributed by atoms with E-state index in [0.29, 0.717) is 0 Å². The van der Waals surface area contributed by atoms with Gasteiger partial charge in [0.25, 0.3) is 0 Å². The predicted octanol–water partition coefficient (Wildman–Crippen LogP) is 7.10. The van der Waals surface area contributed by atoms with Crippen molar-refractivity contribution < 1.29 is 9.59 Å². The first-order chi connectivity index (χ1) is 14.2. The van der Waals surface area contributed by atoms with Crippen LogP contribution in [-0.4, -0.2) is 11.8 Å². The van der Waals surface area contributed by atoms with E-state index in [1.807, 2.05) is 0 Å². The average Bonchev–Trinajstić information content (AvgIpc) is 3.02. The highest BCUT2D eigenvalue weighted by molar-refractivity contribution is 6.05. The molecule has 0 aromatic heterocycles. The molecule has 0 saturated carbocycles. The molecule has 1 aliphatic heterocycles. The molecular formula is C26H45NO2. The largest absolute Gasteiger partial charge is 0.296 e. The predicted molar refractivity (Wildman–Crippen MR) is 122 cm³/mol. The summed E-state index contributed by atoms with van der Waals surface area (Å²) in [5, 5.41) is 2.53. The molecule has 2 amide bonds. The summed E-state index contributed by atoms with van der Waals surface area (Å²) in [6, 6.07) is 0. The molecule has 0 aromatic rings. The molecule has 1 fully saturated rings. The van der Waals surface area contributed by atoms with Gasteiger partial charge in [0.05, 0.1) is 11.8 Å². The summed E-state index contributed by atoms with van der Waals surface area (Å²) < 4.78 is 0. The molecule has 166 valence electrons. The van der Waals surface area contributed by atoms with Crippen LogP contribution in [0.15, 0.2) is 12.2 Å². The Morgan fingerprint density at radius 1 is 0.724 bits per heavy atom. The highest BCUT2D eigenvalue weighted by Crippen LogP contribution is 2.37. The van der Waals surface area contributed by atoms with E-state index in [4.69, 9.17) is 0 Å². The number of carbonyl (C=O) groups excluding carboxylic acids is 2. The Bertz CT molecular complexity index is 499. The lowest BCUT2D eigenvalue weighted by molar-refractivity contribution is -0.126. The van der Waals surface area contributed by atoms with Gasteiger partial charge in [0.2, 0.25) is 11.8 Å². The van der Waals surface area contributed by atoms with Crippen LogP contribution in [0.5, 0.6) is 0 Å². The van der Waals surface area contributed by atoms with Crippen molar-refractivity contribution in [2.24, 2.45) is 17.8 Å². The highest BCUT2D eigenvalue weighted by Gasteiger charge is 2.45. The molecular weight excluding hydrogens is 358 g/mol. The summed E-state index contributed by atoms with van der Waals surface area (Å²) >= 11 is 0. The molecule has 3 nitrogen and oxygen atoms in total. The van der Waals surface area contributed by atoms with Crippen LogP contribution in [0.2, 0.25) is 0 Å². The van der Waals surface area contributed by atoms with Crippen molar-refractivity contribution in [1.82, 2.24) is 5.32 Å². The number of hydrogen-bond acceptors (Lipinski definition) is 2. The lowest BCUT2D eigenvalue weighted by Crippen LogP contribution is -2.28. The smallest absolute Gasteiger partial charge is 0.231 e. The van der Waals surface area contributed by atoms with Crippen LogP contribution >= 0.6 is 0 Å². The van der Waals surface area contributed by atoms with Gasteiger partial charge in [-0.1, -0.05) is 122 Å². The lowest BCUT2D eigenvalue weighted by Gasteiger charge is -2.26. The van der Waals surface area contributed by atoms with Crippen molar-refractivity contribution in [3.05, 3.63) is 12.2 Å². The van der Waals surface area contributed by atoms with Gasteiger partial charge in [-0.2, -0.15) is 0 Å². The summed E-state index contributed by atoms with van der Waals surface area (Å²) in [6.07, 6.45) is 28.2. The molecule has 1 N–H and O–H groups in total. The molecule has 0 bridgehead atoms. The number of rotatable bonds is 17. The van der Waals surface area contributed by atoms with E-state index in [9.17, 15) is 9.59 Å². The SMILES string of the molecule is CCCCCCCCCCCCCCCCCCC1C=CCC2C(=O)NC(=O)C12. The van der Waals surface area contributed by atoms with Crippen molar-refractivity contribution in [3.63, 3.8) is 0 Å². The molecule has 29 heavy (non-hydrogen) atoms. The van der Waals surface area contributed by atoms with Crippen molar-refractivity contribution in [3.8, 4) is 0 Å². The molecule has 1 aliphatic carbocycles. The number of carbonyl (C=O) groups is 2. The molecule has 3 heteroatoms. The standard InChI is InChI=1S/C26H45NO2/c1-2-3-4-5-6-7-8-9-10-11-12-13-14-15-16-17-19-22-20-18-21-23-24(22)26(29)27-25(23)28/h18,20,22-24H,2-17,19,21H2,1H3,(H,27,28,29). The van der Waals surface area contributed by atoms with E-state index in [-0.39, 0.29) is 29.6 Å². The van der Waals surface area contributed by atoms with E-state index in [2.05, 4.69) is 24.4 Å². The average molecular weight is 404 g/mol. The van der Waals surface area contributed by atoms with Gasteiger partial charge in [0.15, 0.2) is 0 Å². The van der Waals surface area contributed by atoms with E-state index < -0.39 is 0 Å². The molecule has 2 rings (SSSR count). The molecule has 1 heterocycles. The summed E-state index contributed by atoms with van der Waals surface area (Å²) in [5.41, 5.74) is 0. The molecule has 0 aromatic carbocycles. The minimum atomic E-state index is -0.0986. The van der Waals surface area contributed by atoms with E-state index in [0.717, 1.165) is 12.8 Å². The van der Waals surface area contributed by atoms with Crippen LogP contribution in [0, 0.1) is 17.8 Å². The van der Waals surface area contributed by atoms with Crippen LogP contribution in [-0.2, 0) is 9.59 Å². The maximum Gasteiger partial charge on any atom is 0.231 e. The van der Waals surface area contributed by atoms with E-state index in [1.54, 1.807) is 0 Å². The van der Waals surface area contributed by atoms with Crippen molar-refractivity contribution in [2.75, 3.05) is 0 Å². The first kappa shape index (κ1) is 24.2. The van der Waals surface area contributed by atoms with Gasteiger partial charge >= 0.3 is 0 Å².